The number of rotatable bonds is 2. The summed E-state index contributed by atoms with van der Waals surface area (Å²) in [4.78, 5) is 0. The van der Waals surface area contributed by atoms with Crippen molar-refractivity contribution in [3.05, 3.63) is 95.2 Å². The summed E-state index contributed by atoms with van der Waals surface area (Å²) in [6.45, 7) is 4.49. The lowest BCUT2D eigenvalue weighted by Gasteiger charge is -2.29. The second-order valence-electron chi connectivity index (χ2n) is 7.88. The van der Waals surface area contributed by atoms with Crippen molar-refractivity contribution in [2.45, 2.75) is 33.1 Å². The zero-order chi connectivity index (χ0) is 18.4. The molecule has 1 heterocycles. The van der Waals surface area contributed by atoms with Crippen LogP contribution in [0.4, 0.5) is 0 Å². The van der Waals surface area contributed by atoms with Crippen LogP contribution in [0.15, 0.2) is 84.0 Å². The largest absolute Gasteiger partial charge is 0.313 e. The maximum absolute atomic E-state index is 2.42. The first-order valence-electron chi connectivity index (χ1n) is 9.97. The highest BCUT2D eigenvalue weighted by Crippen LogP contribution is 2.42. The van der Waals surface area contributed by atoms with Crippen LogP contribution < -0.4 is 0 Å². The lowest BCUT2D eigenvalue weighted by atomic mass is 9.76. The van der Waals surface area contributed by atoms with Crippen LogP contribution in [0.1, 0.15) is 37.4 Å². The lowest BCUT2D eigenvalue weighted by Crippen LogP contribution is -2.13. The Morgan fingerprint density at radius 3 is 2.70 bits per heavy atom. The fraction of sp³-hybridized carbons (Fsp3) is 0.231. The van der Waals surface area contributed by atoms with Gasteiger partial charge in [-0.3, -0.25) is 0 Å². The van der Waals surface area contributed by atoms with E-state index in [1.165, 1.54) is 57.4 Å². The molecule has 0 saturated heterocycles. The summed E-state index contributed by atoms with van der Waals surface area (Å²) >= 11 is 0. The van der Waals surface area contributed by atoms with Gasteiger partial charge in [-0.05, 0) is 73.9 Å². The summed E-state index contributed by atoms with van der Waals surface area (Å²) in [5.41, 5.74) is 9.68. The molecule has 5 rings (SSSR count). The van der Waals surface area contributed by atoms with Gasteiger partial charge in [-0.25, -0.2) is 0 Å². The molecule has 0 radical (unpaired) electrons. The Morgan fingerprint density at radius 1 is 0.963 bits per heavy atom. The van der Waals surface area contributed by atoms with Crippen LogP contribution in [-0.4, -0.2) is 4.57 Å². The minimum absolute atomic E-state index is 0.671. The Hall–Kier alpha value is -2.80. The Morgan fingerprint density at radius 2 is 1.78 bits per heavy atom. The van der Waals surface area contributed by atoms with Gasteiger partial charge in [-0.2, -0.15) is 0 Å². The molecule has 1 nitrogen and oxygen atoms in total. The van der Waals surface area contributed by atoms with Crippen molar-refractivity contribution in [3.63, 3.8) is 0 Å². The van der Waals surface area contributed by atoms with Gasteiger partial charge in [-0.1, -0.05) is 54.6 Å². The van der Waals surface area contributed by atoms with Crippen LogP contribution in [0.5, 0.6) is 0 Å². The molecular weight excluding hydrogens is 326 g/mol. The van der Waals surface area contributed by atoms with Crippen LogP contribution in [0.25, 0.3) is 22.2 Å². The van der Waals surface area contributed by atoms with E-state index in [1.54, 1.807) is 0 Å². The van der Waals surface area contributed by atoms with Gasteiger partial charge in [0.05, 0.1) is 11.2 Å². The summed E-state index contributed by atoms with van der Waals surface area (Å²) in [5.74, 6) is 0.671. The van der Waals surface area contributed by atoms with Crippen LogP contribution in [0.3, 0.4) is 0 Å². The van der Waals surface area contributed by atoms with Crippen molar-refractivity contribution in [1.29, 1.82) is 0 Å². The van der Waals surface area contributed by atoms with Crippen LogP contribution in [0, 0.1) is 12.8 Å². The molecule has 0 aliphatic heterocycles. The Bertz CT molecular complexity index is 1120. The highest BCUT2D eigenvalue weighted by atomic mass is 15.0. The summed E-state index contributed by atoms with van der Waals surface area (Å²) in [6.07, 6.45) is 10.7. The minimum Gasteiger partial charge on any atom is -0.313 e. The monoisotopic (exact) mass is 351 g/mol. The molecule has 0 spiro atoms. The molecule has 27 heavy (non-hydrogen) atoms. The van der Waals surface area contributed by atoms with E-state index in [2.05, 4.69) is 91.2 Å². The highest BCUT2D eigenvalue weighted by molar-refractivity contribution is 5.86. The summed E-state index contributed by atoms with van der Waals surface area (Å²) in [6, 6.07) is 19.9. The molecular formula is C26H25N. The molecule has 3 aromatic rings. The van der Waals surface area contributed by atoms with Crippen molar-refractivity contribution < 1.29 is 0 Å². The standard InChI is InChI=1S/C26H25N/c1-18-15-20-9-3-4-10-21(20)17-24(18)23-12-6-8-14-26(23)27-19(2)16-22-11-5-7-13-25(22)27/h3,5-9,11-16,21H,4,10,17H2,1-2H3. The quantitative estimate of drug-likeness (QED) is 0.468. The Labute approximate surface area is 161 Å². The predicted octanol–water partition coefficient (Wildman–Crippen LogP) is 7.01. The molecule has 0 bridgehead atoms. The molecule has 2 aliphatic carbocycles. The fourth-order valence-corrected chi connectivity index (χ4v) is 4.81. The van der Waals surface area contributed by atoms with Gasteiger partial charge in [0.1, 0.15) is 0 Å². The van der Waals surface area contributed by atoms with E-state index in [9.17, 15) is 0 Å². The number of hydrogen-bond donors (Lipinski definition) is 0. The van der Waals surface area contributed by atoms with Gasteiger partial charge in [0.15, 0.2) is 0 Å². The molecule has 2 aromatic carbocycles. The topological polar surface area (TPSA) is 4.93 Å². The maximum atomic E-state index is 2.42. The van der Waals surface area contributed by atoms with Gasteiger partial charge in [0.2, 0.25) is 0 Å². The third-order valence-corrected chi connectivity index (χ3v) is 6.14. The van der Waals surface area contributed by atoms with E-state index in [-0.39, 0.29) is 0 Å². The minimum atomic E-state index is 0.671. The third-order valence-electron chi connectivity index (χ3n) is 6.14. The van der Waals surface area contributed by atoms with E-state index in [0.29, 0.717) is 5.92 Å². The number of nitrogens with zero attached hydrogens (tertiary/aromatic N) is 1. The van der Waals surface area contributed by atoms with Gasteiger partial charge < -0.3 is 4.57 Å². The first-order chi connectivity index (χ1) is 13.2. The van der Waals surface area contributed by atoms with Crippen LogP contribution in [0.2, 0.25) is 0 Å². The van der Waals surface area contributed by atoms with E-state index < -0.39 is 0 Å². The van der Waals surface area contributed by atoms with Crippen LogP contribution >= 0.6 is 0 Å². The number of allylic oxidation sites excluding steroid dienone is 6. The first-order valence-corrected chi connectivity index (χ1v) is 9.97. The number of aryl methyl sites for hydroxylation is 1. The van der Waals surface area contributed by atoms with Gasteiger partial charge in [0.25, 0.3) is 0 Å². The van der Waals surface area contributed by atoms with Gasteiger partial charge >= 0.3 is 0 Å². The van der Waals surface area contributed by atoms with Gasteiger partial charge in [-0.15, -0.1) is 0 Å². The van der Waals surface area contributed by atoms with Crippen molar-refractivity contribution in [3.8, 4) is 5.69 Å². The number of hydrogen-bond acceptors (Lipinski definition) is 0. The Kier molecular flexibility index (Phi) is 3.89. The van der Waals surface area contributed by atoms with E-state index in [1.807, 2.05) is 0 Å². The average Bonchev–Trinajstić information content (AvgIpc) is 3.03. The van der Waals surface area contributed by atoms with Crippen LogP contribution in [-0.2, 0) is 0 Å². The second kappa shape index (κ2) is 6.42. The molecule has 0 saturated carbocycles. The van der Waals surface area contributed by atoms with Gasteiger partial charge in [0, 0.05) is 16.6 Å². The van der Waals surface area contributed by atoms with E-state index in [0.717, 1.165) is 6.42 Å². The average molecular weight is 351 g/mol. The first kappa shape index (κ1) is 16.4. The van der Waals surface area contributed by atoms with Crippen molar-refractivity contribution in [2.75, 3.05) is 0 Å². The molecule has 1 heteroatoms. The molecule has 0 amide bonds. The smallest absolute Gasteiger partial charge is 0.0533 e. The molecule has 1 unspecified atom stereocenters. The van der Waals surface area contributed by atoms with Crippen molar-refractivity contribution >= 4 is 16.5 Å². The summed E-state index contributed by atoms with van der Waals surface area (Å²) in [5, 5.41) is 1.30. The number of aromatic nitrogens is 1. The van der Waals surface area contributed by atoms with E-state index in [4.69, 9.17) is 0 Å². The summed E-state index contributed by atoms with van der Waals surface area (Å²) < 4.78 is 2.42. The molecule has 0 fully saturated rings. The molecule has 2 aliphatic rings. The Balaban J connectivity index is 1.71. The molecule has 1 aromatic heterocycles. The fourth-order valence-electron chi connectivity index (χ4n) is 4.81. The molecule has 0 N–H and O–H groups in total. The zero-order valence-electron chi connectivity index (χ0n) is 16.1. The second-order valence-corrected chi connectivity index (χ2v) is 7.88. The maximum Gasteiger partial charge on any atom is 0.0533 e. The zero-order valence-corrected chi connectivity index (χ0v) is 16.1. The van der Waals surface area contributed by atoms with E-state index >= 15 is 0 Å². The van der Waals surface area contributed by atoms with Crippen molar-refractivity contribution in [1.82, 2.24) is 4.57 Å². The molecule has 1 atom stereocenters. The third kappa shape index (κ3) is 2.70. The molecule has 134 valence electrons. The number of fused-ring (bicyclic) bond motifs is 2. The number of para-hydroxylation sites is 2. The normalized spacial score (nSPS) is 19.3. The highest BCUT2D eigenvalue weighted by Gasteiger charge is 2.24. The number of benzene rings is 2. The lowest BCUT2D eigenvalue weighted by molar-refractivity contribution is 0.570. The summed E-state index contributed by atoms with van der Waals surface area (Å²) in [7, 11) is 0. The predicted molar refractivity (Wildman–Crippen MR) is 115 cm³/mol. The SMILES string of the molecule is CC1=C(c2ccccc2-n2c(C)cc3ccccc32)CC2CCC=CC2=C1. The van der Waals surface area contributed by atoms with Crippen molar-refractivity contribution in [2.24, 2.45) is 5.92 Å².